The van der Waals surface area contributed by atoms with Gasteiger partial charge in [-0.1, -0.05) is 43.3 Å². The quantitative estimate of drug-likeness (QED) is 0.540. The molecule has 1 atom stereocenters. The van der Waals surface area contributed by atoms with E-state index in [2.05, 4.69) is 55.6 Å². The Hall–Kier alpha value is -2.22. The zero-order chi connectivity index (χ0) is 18.0. The van der Waals surface area contributed by atoms with Crippen molar-refractivity contribution in [3.8, 4) is 5.75 Å². The van der Waals surface area contributed by atoms with E-state index in [1.807, 2.05) is 24.3 Å². The summed E-state index contributed by atoms with van der Waals surface area (Å²) in [7, 11) is -1.94. The van der Waals surface area contributed by atoms with Gasteiger partial charge in [-0.05, 0) is 42.3 Å². The lowest BCUT2D eigenvalue weighted by molar-refractivity contribution is 0.482. The van der Waals surface area contributed by atoms with E-state index >= 15 is 0 Å². The highest BCUT2D eigenvalue weighted by Gasteiger charge is 2.40. The van der Waals surface area contributed by atoms with Crippen LogP contribution in [0.5, 0.6) is 5.75 Å². The van der Waals surface area contributed by atoms with Crippen molar-refractivity contribution in [2.75, 3.05) is 13.0 Å². The van der Waals surface area contributed by atoms with Crippen molar-refractivity contribution in [1.29, 1.82) is 0 Å². The highest BCUT2D eigenvalue weighted by atomic mass is 31.2. The lowest BCUT2D eigenvalue weighted by Crippen LogP contribution is -2.28. The normalized spacial score (nSPS) is 13.6. The summed E-state index contributed by atoms with van der Waals surface area (Å²) in [5, 5.41) is 15.0. The number of phenols is 1. The number of fused-ring (bicyclic) bond motifs is 1. The number of aliphatic imine (C=N–C) groups is 1. The monoisotopic (exact) mass is 351 g/mol. The Morgan fingerprint density at radius 1 is 1.12 bits per heavy atom. The van der Waals surface area contributed by atoms with E-state index in [4.69, 9.17) is 5.73 Å². The van der Waals surface area contributed by atoms with Crippen molar-refractivity contribution in [2.45, 2.75) is 13.3 Å². The van der Waals surface area contributed by atoms with Crippen molar-refractivity contribution in [3.63, 3.8) is 0 Å². The fourth-order valence-electron chi connectivity index (χ4n) is 3.27. The predicted octanol–water partition coefficient (Wildman–Crippen LogP) is 3.95. The molecule has 0 fully saturated rings. The van der Waals surface area contributed by atoms with Crippen LogP contribution in [0.25, 0.3) is 10.8 Å². The number of aryl methyl sites for hydroxylation is 1. The number of benzene rings is 3. The molecule has 0 spiro atoms. The van der Waals surface area contributed by atoms with E-state index in [1.54, 1.807) is 0 Å². The van der Waals surface area contributed by atoms with Gasteiger partial charge in [0.2, 0.25) is 0 Å². The Labute approximate surface area is 149 Å². The molecule has 4 heteroatoms. The lowest BCUT2D eigenvalue weighted by atomic mass is 10.1. The molecule has 128 valence electrons. The van der Waals surface area contributed by atoms with Gasteiger partial charge in [0.15, 0.2) is 5.75 Å². The predicted molar refractivity (Wildman–Crippen MR) is 112 cm³/mol. The molecule has 1 unspecified atom stereocenters. The van der Waals surface area contributed by atoms with Crippen LogP contribution in [0.1, 0.15) is 12.5 Å². The minimum atomic E-state index is -1.94. The molecule has 3 aromatic rings. The van der Waals surface area contributed by atoms with Crippen LogP contribution in [0, 0.1) is 0 Å². The SMILES string of the molecule is C=Nc1c(O)c([P+](C)(CN)c2cccc(CC)c2)cc2ccccc12. The maximum atomic E-state index is 11.0. The Morgan fingerprint density at radius 3 is 2.56 bits per heavy atom. The van der Waals surface area contributed by atoms with Crippen LogP contribution in [0.4, 0.5) is 5.69 Å². The first-order chi connectivity index (χ1) is 12.0. The molecule has 0 saturated heterocycles. The van der Waals surface area contributed by atoms with E-state index < -0.39 is 7.26 Å². The number of rotatable bonds is 5. The summed E-state index contributed by atoms with van der Waals surface area (Å²) in [6.45, 7) is 7.98. The molecule has 3 aromatic carbocycles. The minimum absolute atomic E-state index is 0.205. The molecule has 0 aromatic heterocycles. The van der Waals surface area contributed by atoms with Crippen LogP contribution in [-0.4, -0.2) is 24.8 Å². The van der Waals surface area contributed by atoms with Crippen molar-refractivity contribution >= 4 is 41.0 Å². The van der Waals surface area contributed by atoms with Crippen molar-refractivity contribution in [3.05, 3.63) is 60.2 Å². The standard InChI is InChI=1S/C21H23N2OP/c1-4-15-8-7-10-17(12-15)25(3,14-22)19-13-16-9-5-6-11-18(16)20(23-2)21(19)24/h5-13H,2,4,14,22H2,1,3H3/p+1. The Morgan fingerprint density at radius 2 is 1.88 bits per heavy atom. The maximum Gasteiger partial charge on any atom is 0.185 e. The number of nitrogens with zero attached hydrogens (tertiary/aromatic N) is 1. The molecule has 0 radical (unpaired) electrons. The Balaban J connectivity index is 2.31. The third kappa shape index (κ3) is 2.95. The molecule has 3 N–H and O–H groups in total. The molecule has 0 aliphatic heterocycles. The summed E-state index contributed by atoms with van der Waals surface area (Å²) in [4.78, 5) is 4.11. The summed E-state index contributed by atoms with van der Waals surface area (Å²) in [5.41, 5.74) is 8.08. The van der Waals surface area contributed by atoms with Gasteiger partial charge in [-0.25, -0.2) is 0 Å². The summed E-state index contributed by atoms with van der Waals surface area (Å²) < 4.78 is 0. The van der Waals surface area contributed by atoms with Crippen molar-refractivity contribution in [2.24, 2.45) is 10.7 Å². The summed E-state index contributed by atoms with van der Waals surface area (Å²) >= 11 is 0. The second-order valence-corrected chi connectivity index (χ2v) is 10.1. The largest absolute Gasteiger partial charge is 0.503 e. The molecule has 0 bridgehead atoms. The average Bonchev–Trinajstić information content (AvgIpc) is 2.67. The van der Waals surface area contributed by atoms with Crippen LogP contribution in [0.3, 0.4) is 0 Å². The van der Waals surface area contributed by atoms with Gasteiger partial charge in [0, 0.05) is 5.39 Å². The van der Waals surface area contributed by atoms with Crippen LogP contribution in [0.2, 0.25) is 0 Å². The van der Waals surface area contributed by atoms with Gasteiger partial charge in [0.1, 0.15) is 22.6 Å². The van der Waals surface area contributed by atoms with Gasteiger partial charge in [-0.2, -0.15) is 0 Å². The van der Waals surface area contributed by atoms with Gasteiger partial charge in [-0.3, -0.25) is 10.7 Å². The Bertz CT molecular complexity index is 938. The first kappa shape index (κ1) is 17.6. The molecule has 25 heavy (non-hydrogen) atoms. The zero-order valence-corrected chi connectivity index (χ0v) is 15.6. The number of hydrogen-bond donors (Lipinski definition) is 2. The highest BCUT2D eigenvalue weighted by molar-refractivity contribution is 7.89. The molecule has 0 aliphatic carbocycles. The van der Waals surface area contributed by atoms with Gasteiger partial charge in [-0.15, -0.1) is 0 Å². The van der Waals surface area contributed by atoms with E-state index in [0.717, 1.165) is 22.5 Å². The molecule has 0 aliphatic rings. The molecule has 3 nitrogen and oxygen atoms in total. The maximum absolute atomic E-state index is 11.0. The zero-order valence-electron chi connectivity index (χ0n) is 14.7. The van der Waals surface area contributed by atoms with Gasteiger partial charge < -0.3 is 5.11 Å². The van der Waals surface area contributed by atoms with E-state index in [9.17, 15) is 5.11 Å². The highest BCUT2D eigenvalue weighted by Crippen LogP contribution is 2.55. The number of hydrogen-bond acceptors (Lipinski definition) is 3. The second-order valence-electron chi connectivity index (χ2n) is 6.37. The average molecular weight is 351 g/mol. The minimum Gasteiger partial charge on any atom is -0.503 e. The number of nitrogens with two attached hydrogens (primary N) is 1. The van der Waals surface area contributed by atoms with Crippen molar-refractivity contribution in [1.82, 2.24) is 0 Å². The van der Waals surface area contributed by atoms with E-state index in [1.165, 1.54) is 10.9 Å². The van der Waals surface area contributed by atoms with Gasteiger partial charge >= 0.3 is 0 Å². The van der Waals surface area contributed by atoms with E-state index in [0.29, 0.717) is 12.0 Å². The second kappa shape index (κ2) is 6.95. The van der Waals surface area contributed by atoms with Crippen LogP contribution < -0.4 is 16.3 Å². The fraction of sp³-hybridized carbons (Fsp3) is 0.190. The van der Waals surface area contributed by atoms with Crippen LogP contribution in [-0.2, 0) is 6.42 Å². The number of phenolic OH excluding ortho intramolecular Hbond substituents is 1. The third-order valence-corrected chi connectivity index (χ3v) is 8.47. The third-order valence-electron chi connectivity index (χ3n) is 4.92. The summed E-state index contributed by atoms with van der Waals surface area (Å²) in [6.07, 6.45) is 1.46. The molecular weight excluding hydrogens is 327 g/mol. The van der Waals surface area contributed by atoms with Crippen molar-refractivity contribution < 1.29 is 5.11 Å². The first-order valence-corrected chi connectivity index (χ1v) is 10.8. The van der Waals surface area contributed by atoms with Crippen LogP contribution in [0.15, 0.2) is 59.6 Å². The van der Waals surface area contributed by atoms with Gasteiger partial charge in [0.05, 0.1) is 13.9 Å². The van der Waals surface area contributed by atoms with Crippen LogP contribution >= 0.6 is 7.26 Å². The lowest BCUT2D eigenvalue weighted by Gasteiger charge is -2.23. The molecular formula is C21H24N2OP+. The molecule has 0 saturated carbocycles. The number of aromatic hydroxyl groups is 1. The summed E-state index contributed by atoms with van der Waals surface area (Å²) in [6, 6.07) is 18.5. The molecule has 3 rings (SSSR count). The fourth-order valence-corrected chi connectivity index (χ4v) is 5.81. The Kier molecular flexibility index (Phi) is 4.89. The van der Waals surface area contributed by atoms with Gasteiger partial charge in [0.25, 0.3) is 0 Å². The molecule has 0 heterocycles. The topological polar surface area (TPSA) is 58.6 Å². The summed E-state index contributed by atoms with van der Waals surface area (Å²) in [5.74, 6) is 0.205. The first-order valence-electron chi connectivity index (χ1n) is 8.42. The molecule has 0 amide bonds. The van der Waals surface area contributed by atoms with E-state index in [-0.39, 0.29) is 5.75 Å². The smallest absolute Gasteiger partial charge is 0.185 e.